The first-order valence-corrected chi connectivity index (χ1v) is 11.4. The molecule has 0 saturated carbocycles. The van der Waals surface area contributed by atoms with Crippen LogP contribution in [0.4, 0.5) is 9.18 Å². The monoisotopic (exact) mass is 475 g/mol. The van der Waals surface area contributed by atoms with Gasteiger partial charge >= 0.3 is 6.09 Å². The van der Waals surface area contributed by atoms with Crippen molar-refractivity contribution < 1.29 is 23.9 Å². The number of carboxylic acid groups (broad SMARTS) is 1. The Balaban J connectivity index is 1.96. The van der Waals surface area contributed by atoms with Crippen LogP contribution in [-0.4, -0.2) is 74.8 Å². The maximum atomic E-state index is 14.0. The van der Waals surface area contributed by atoms with E-state index in [0.717, 1.165) is 0 Å². The first-order valence-electron chi connectivity index (χ1n) is 11.4. The Morgan fingerprint density at radius 2 is 1.94 bits per heavy atom. The third-order valence-corrected chi connectivity index (χ3v) is 6.78. The van der Waals surface area contributed by atoms with Crippen molar-refractivity contribution in [1.29, 1.82) is 0 Å². The van der Waals surface area contributed by atoms with Crippen molar-refractivity contribution in [3.63, 3.8) is 0 Å². The Labute approximate surface area is 198 Å². The van der Waals surface area contributed by atoms with Gasteiger partial charge < -0.3 is 15.3 Å². The Bertz CT molecular complexity index is 1120. The summed E-state index contributed by atoms with van der Waals surface area (Å²) in [5, 5.41) is 17.7. The molecule has 1 aliphatic rings. The molecular formula is C24H34FN5O4. The number of rotatable bonds is 5. The molecule has 0 bridgehead atoms. The third-order valence-electron chi connectivity index (χ3n) is 6.78. The number of hydrogen-bond acceptors (Lipinski definition) is 4. The van der Waals surface area contributed by atoms with Gasteiger partial charge in [0.2, 0.25) is 5.91 Å². The summed E-state index contributed by atoms with van der Waals surface area (Å²) in [6.07, 6.45) is -0.876. The lowest BCUT2D eigenvalue weighted by molar-refractivity contribution is -0.133. The van der Waals surface area contributed by atoms with E-state index >= 15 is 0 Å². The summed E-state index contributed by atoms with van der Waals surface area (Å²) in [6.45, 7) is 9.57. The highest BCUT2D eigenvalue weighted by Gasteiger charge is 2.56. The Kier molecular flexibility index (Phi) is 6.65. The average Bonchev–Trinajstić information content (AvgIpc) is 3.26. The molecule has 1 aromatic heterocycles. The van der Waals surface area contributed by atoms with Gasteiger partial charge in [-0.25, -0.2) is 9.18 Å². The van der Waals surface area contributed by atoms with Crippen molar-refractivity contribution in [2.75, 3.05) is 20.6 Å². The lowest BCUT2D eigenvalue weighted by atomic mass is 9.69. The molecule has 0 aliphatic carbocycles. The van der Waals surface area contributed by atoms with Crippen molar-refractivity contribution in [3.8, 4) is 0 Å². The lowest BCUT2D eigenvalue weighted by Crippen LogP contribution is -2.57. The molecule has 186 valence electrons. The second-order valence-electron chi connectivity index (χ2n) is 10.6. The van der Waals surface area contributed by atoms with E-state index in [1.54, 1.807) is 24.8 Å². The fourth-order valence-electron chi connectivity index (χ4n) is 4.82. The predicted molar refractivity (Wildman–Crippen MR) is 126 cm³/mol. The quantitative estimate of drug-likeness (QED) is 0.688. The van der Waals surface area contributed by atoms with Gasteiger partial charge in [-0.2, -0.15) is 5.10 Å². The summed E-state index contributed by atoms with van der Waals surface area (Å²) in [5.41, 5.74) is -0.863. The number of fused-ring (bicyclic) bond motifs is 1. The van der Waals surface area contributed by atoms with Gasteiger partial charge in [-0.3, -0.25) is 19.2 Å². The molecule has 3 amide bonds. The van der Waals surface area contributed by atoms with E-state index in [1.807, 2.05) is 34.6 Å². The molecule has 0 radical (unpaired) electrons. The molecule has 0 spiro atoms. The summed E-state index contributed by atoms with van der Waals surface area (Å²) in [4.78, 5) is 40.9. The number of halogens is 1. The number of aromatic nitrogens is 2. The van der Waals surface area contributed by atoms with E-state index < -0.39 is 34.8 Å². The van der Waals surface area contributed by atoms with Gasteiger partial charge in [0.1, 0.15) is 5.82 Å². The molecule has 2 N–H and O–H groups in total. The minimum atomic E-state index is -1.14. The van der Waals surface area contributed by atoms with Gasteiger partial charge in [0.15, 0.2) is 5.69 Å². The maximum absolute atomic E-state index is 14.0. The second kappa shape index (κ2) is 8.88. The standard InChI is InChI=1S/C24H34FN5O4/c1-14(2)30-18-9-8-15(25)10-17(18)20(27-30)21(32)26-16-11-24(23(3,4)5,12-19(31)28(6)7)29(13-16)22(33)34/h8-10,14,16H,11-13H2,1-7H3,(H,26,32)(H,33,34)/t16-,24-/m0/s1. The molecule has 1 saturated heterocycles. The van der Waals surface area contributed by atoms with Crippen molar-refractivity contribution in [3.05, 3.63) is 29.7 Å². The average molecular weight is 476 g/mol. The van der Waals surface area contributed by atoms with Gasteiger partial charge in [-0.05, 0) is 43.9 Å². The Hall–Kier alpha value is -3.17. The molecule has 2 heterocycles. The highest BCUT2D eigenvalue weighted by atomic mass is 19.1. The predicted octanol–water partition coefficient (Wildman–Crippen LogP) is 3.50. The van der Waals surface area contributed by atoms with Crippen molar-refractivity contribution >= 4 is 28.8 Å². The van der Waals surface area contributed by atoms with Crippen LogP contribution in [0, 0.1) is 11.2 Å². The van der Waals surface area contributed by atoms with Crippen molar-refractivity contribution in [1.82, 2.24) is 24.9 Å². The van der Waals surface area contributed by atoms with Crippen LogP contribution in [-0.2, 0) is 4.79 Å². The summed E-state index contributed by atoms with van der Waals surface area (Å²) >= 11 is 0. The molecular weight excluding hydrogens is 441 g/mol. The van der Waals surface area contributed by atoms with Gasteiger partial charge in [0.05, 0.1) is 17.5 Å². The van der Waals surface area contributed by atoms with Crippen LogP contribution in [0.5, 0.6) is 0 Å². The van der Waals surface area contributed by atoms with Crippen LogP contribution in [0.2, 0.25) is 0 Å². The summed E-state index contributed by atoms with van der Waals surface area (Å²) in [7, 11) is 3.26. The van der Waals surface area contributed by atoms with Gasteiger partial charge in [-0.1, -0.05) is 20.8 Å². The largest absolute Gasteiger partial charge is 0.465 e. The van der Waals surface area contributed by atoms with Crippen LogP contribution in [0.15, 0.2) is 18.2 Å². The molecule has 10 heteroatoms. The third kappa shape index (κ3) is 4.45. The number of hydrogen-bond donors (Lipinski definition) is 2. The Morgan fingerprint density at radius 3 is 2.47 bits per heavy atom. The van der Waals surface area contributed by atoms with E-state index in [9.17, 15) is 23.9 Å². The minimum absolute atomic E-state index is 0.00170. The van der Waals surface area contributed by atoms with Crippen LogP contribution in [0.3, 0.4) is 0 Å². The van der Waals surface area contributed by atoms with E-state index in [2.05, 4.69) is 10.4 Å². The molecule has 0 unspecified atom stereocenters. The number of amides is 3. The molecule has 1 aliphatic heterocycles. The Morgan fingerprint density at radius 1 is 1.29 bits per heavy atom. The van der Waals surface area contributed by atoms with E-state index in [-0.39, 0.29) is 37.0 Å². The number of carbonyl (C=O) groups is 3. The zero-order valence-corrected chi connectivity index (χ0v) is 20.8. The second-order valence-corrected chi connectivity index (χ2v) is 10.6. The summed E-state index contributed by atoms with van der Waals surface area (Å²) < 4.78 is 15.6. The topological polar surface area (TPSA) is 108 Å². The number of benzene rings is 1. The first kappa shape index (κ1) is 25.5. The van der Waals surface area contributed by atoms with Crippen LogP contribution in [0.25, 0.3) is 10.9 Å². The molecule has 2 aromatic rings. The molecule has 9 nitrogen and oxygen atoms in total. The zero-order valence-electron chi connectivity index (χ0n) is 20.8. The smallest absolute Gasteiger partial charge is 0.407 e. The number of nitrogens with zero attached hydrogens (tertiary/aromatic N) is 4. The number of carbonyl (C=O) groups excluding carboxylic acids is 2. The number of nitrogens with one attached hydrogen (secondary N) is 1. The first-order chi connectivity index (χ1) is 15.7. The maximum Gasteiger partial charge on any atom is 0.407 e. The molecule has 1 aromatic carbocycles. The lowest BCUT2D eigenvalue weighted by Gasteiger charge is -2.47. The van der Waals surface area contributed by atoms with Crippen LogP contribution >= 0.6 is 0 Å². The molecule has 3 rings (SSSR count). The molecule has 1 fully saturated rings. The van der Waals surface area contributed by atoms with Crippen molar-refractivity contribution in [2.45, 2.75) is 65.1 Å². The SMILES string of the molecule is CC(C)n1nc(C(=O)N[C@@H]2CN(C(=O)O)[C@@](CC(=O)N(C)C)(C(C)(C)C)C2)c2cc(F)ccc21. The van der Waals surface area contributed by atoms with E-state index in [0.29, 0.717) is 10.9 Å². The minimum Gasteiger partial charge on any atom is -0.465 e. The van der Waals surface area contributed by atoms with Gasteiger partial charge in [-0.15, -0.1) is 0 Å². The summed E-state index contributed by atoms with van der Waals surface area (Å²) in [5.74, 6) is -1.17. The normalized spacial score (nSPS) is 20.7. The van der Waals surface area contributed by atoms with Gasteiger partial charge in [0.25, 0.3) is 5.91 Å². The molecule has 34 heavy (non-hydrogen) atoms. The highest BCUT2D eigenvalue weighted by Crippen LogP contribution is 2.46. The fraction of sp³-hybridized carbons (Fsp3) is 0.583. The van der Waals surface area contributed by atoms with Crippen molar-refractivity contribution in [2.24, 2.45) is 5.41 Å². The van der Waals surface area contributed by atoms with E-state index in [1.165, 1.54) is 21.9 Å². The highest BCUT2D eigenvalue weighted by molar-refractivity contribution is 6.05. The number of likely N-dealkylation sites (tertiary alicyclic amines) is 1. The van der Waals surface area contributed by atoms with Crippen LogP contribution < -0.4 is 5.32 Å². The molecule has 2 atom stereocenters. The van der Waals surface area contributed by atoms with Gasteiger partial charge in [0, 0.05) is 38.1 Å². The summed E-state index contributed by atoms with van der Waals surface area (Å²) in [6, 6.07) is 3.61. The van der Waals surface area contributed by atoms with Crippen LogP contribution in [0.1, 0.15) is 64.0 Å². The fourth-order valence-corrected chi connectivity index (χ4v) is 4.82. The zero-order chi connectivity index (χ0) is 25.6. The van der Waals surface area contributed by atoms with E-state index in [4.69, 9.17) is 0 Å².